The smallest absolute Gasteiger partial charge is 0.310 e. The third kappa shape index (κ3) is 3.09. The van der Waals surface area contributed by atoms with Gasteiger partial charge in [0.2, 0.25) is 0 Å². The lowest BCUT2D eigenvalue weighted by molar-refractivity contribution is -0.142. The minimum Gasteiger partial charge on any atom is -0.466 e. The third-order valence-electron chi connectivity index (χ3n) is 1.93. The first-order valence-electron chi connectivity index (χ1n) is 4.62. The number of benzene rings is 1. The van der Waals surface area contributed by atoms with E-state index in [0.717, 1.165) is 3.57 Å². The molecule has 0 aliphatic carbocycles. The highest BCUT2D eigenvalue weighted by molar-refractivity contribution is 14.1. The second kappa shape index (κ2) is 6.06. The van der Waals surface area contributed by atoms with E-state index >= 15 is 0 Å². The standard InChI is InChI=1S/C11H9ClINO2/c1-2-16-10(15)5-7-3-4-9(13)11(12)8(7)6-14/h3-4H,2,5H2,1H3. The molecule has 0 N–H and O–H groups in total. The molecule has 0 atom stereocenters. The van der Waals surface area contributed by atoms with E-state index in [1.807, 2.05) is 28.7 Å². The molecule has 16 heavy (non-hydrogen) atoms. The van der Waals surface area contributed by atoms with Gasteiger partial charge in [-0.2, -0.15) is 5.26 Å². The van der Waals surface area contributed by atoms with Crippen LogP contribution < -0.4 is 0 Å². The molecule has 0 saturated carbocycles. The first-order chi connectivity index (χ1) is 7.60. The van der Waals surface area contributed by atoms with E-state index in [2.05, 4.69) is 0 Å². The van der Waals surface area contributed by atoms with Gasteiger partial charge in [0.15, 0.2) is 0 Å². The number of halogens is 2. The van der Waals surface area contributed by atoms with Gasteiger partial charge < -0.3 is 4.74 Å². The van der Waals surface area contributed by atoms with Crippen LogP contribution in [0.2, 0.25) is 5.02 Å². The highest BCUT2D eigenvalue weighted by atomic mass is 127. The van der Waals surface area contributed by atoms with E-state index in [1.54, 1.807) is 19.1 Å². The van der Waals surface area contributed by atoms with Gasteiger partial charge in [0.1, 0.15) is 6.07 Å². The Morgan fingerprint density at radius 3 is 2.88 bits per heavy atom. The lowest BCUT2D eigenvalue weighted by atomic mass is 10.1. The van der Waals surface area contributed by atoms with Gasteiger partial charge in [-0.3, -0.25) is 4.79 Å². The molecule has 0 saturated heterocycles. The van der Waals surface area contributed by atoms with E-state index in [4.69, 9.17) is 21.6 Å². The second-order valence-corrected chi connectivity index (χ2v) is 4.53. The summed E-state index contributed by atoms with van der Waals surface area (Å²) >= 11 is 8.02. The lowest BCUT2D eigenvalue weighted by Gasteiger charge is -2.06. The van der Waals surface area contributed by atoms with Crippen molar-refractivity contribution in [2.45, 2.75) is 13.3 Å². The molecule has 0 bridgehead atoms. The van der Waals surface area contributed by atoms with Crippen LogP contribution >= 0.6 is 34.2 Å². The zero-order valence-corrected chi connectivity index (χ0v) is 11.5. The van der Waals surface area contributed by atoms with Gasteiger partial charge in [-0.25, -0.2) is 0 Å². The van der Waals surface area contributed by atoms with E-state index in [9.17, 15) is 4.79 Å². The monoisotopic (exact) mass is 349 g/mol. The summed E-state index contributed by atoms with van der Waals surface area (Å²) in [4.78, 5) is 11.3. The predicted octanol–water partition coefficient (Wildman–Crippen LogP) is 2.92. The third-order valence-corrected chi connectivity index (χ3v) is 3.54. The van der Waals surface area contributed by atoms with Crippen molar-refractivity contribution in [1.29, 1.82) is 5.26 Å². The Morgan fingerprint density at radius 2 is 2.31 bits per heavy atom. The minimum atomic E-state index is -0.351. The molecule has 0 aliphatic rings. The van der Waals surface area contributed by atoms with Crippen LogP contribution in [0.25, 0.3) is 0 Å². The second-order valence-electron chi connectivity index (χ2n) is 2.99. The summed E-state index contributed by atoms with van der Waals surface area (Å²) in [6.07, 6.45) is 0.0768. The summed E-state index contributed by atoms with van der Waals surface area (Å²) in [7, 11) is 0. The molecule has 84 valence electrons. The zero-order chi connectivity index (χ0) is 12.1. The van der Waals surface area contributed by atoms with Crippen LogP contribution in [0.5, 0.6) is 0 Å². The number of ether oxygens (including phenoxy) is 1. The summed E-state index contributed by atoms with van der Waals surface area (Å²) < 4.78 is 5.62. The average Bonchev–Trinajstić information content (AvgIpc) is 2.24. The maximum atomic E-state index is 11.3. The van der Waals surface area contributed by atoms with Crippen molar-refractivity contribution >= 4 is 40.2 Å². The Balaban J connectivity index is 3.02. The van der Waals surface area contributed by atoms with Crippen molar-refractivity contribution in [2.24, 2.45) is 0 Å². The first kappa shape index (κ1) is 13.3. The van der Waals surface area contributed by atoms with Crippen molar-refractivity contribution in [3.63, 3.8) is 0 Å². The van der Waals surface area contributed by atoms with Gasteiger partial charge in [0.25, 0.3) is 0 Å². The van der Waals surface area contributed by atoms with Crippen LogP contribution in [0.4, 0.5) is 0 Å². The molecule has 1 rings (SSSR count). The molecule has 0 amide bonds. The van der Waals surface area contributed by atoms with Crippen LogP contribution in [0.1, 0.15) is 18.1 Å². The molecule has 1 aromatic rings. The molecule has 0 aromatic heterocycles. The topological polar surface area (TPSA) is 50.1 Å². The molecular weight excluding hydrogens is 340 g/mol. The number of esters is 1. The molecule has 0 unspecified atom stereocenters. The van der Waals surface area contributed by atoms with Crippen molar-refractivity contribution in [3.8, 4) is 6.07 Å². The van der Waals surface area contributed by atoms with Gasteiger partial charge in [0, 0.05) is 3.57 Å². The number of nitriles is 1. The minimum absolute atomic E-state index is 0.0768. The Kier molecular flexibility index (Phi) is 5.03. The summed E-state index contributed by atoms with van der Waals surface area (Å²) in [5.41, 5.74) is 0.952. The summed E-state index contributed by atoms with van der Waals surface area (Å²) in [6.45, 7) is 2.07. The SMILES string of the molecule is CCOC(=O)Cc1ccc(I)c(Cl)c1C#N. The Morgan fingerprint density at radius 1 is 1.62 bits per heavy atom. The zero-order valence-electron chi connectivity index (χ0n) is 8.59. The molecule has 0 radical (unpaired) electrons. The van der Waals surface area contributed by atoms with Crippen molar-refractivity contribution in [3.05, 3.63) is 31.9 Å². The highest BCUT2D eigenvalue weighted by Gasteiger charge is 2.13. The van der Waals surface area contributed by atoms with Gasteiger partial charge in [-0.05, 0) is 41.1 Å². The lowest BCUT2D eigenvalue weighted by Crippen LogP contribution is -2.09. The quantitative estimate of drug-likeness (QED) is 0.623. The van der Waals surface area contributed by atoms with Crippen LogP contribution in [0.15, 0.2) is 12.1 Å². The number of carbonyl (C=O) groups is 1. The summed E-state index contributed by atoms with van der Waals surface area (Å²) in [5, 5.41) is 9.37. The maximum absolute atomic E-state index is 11.3. The van der Waals surface area contributed by atoms with Crippen LogP contribution in [0, 0.1) is 14.9 Å². The molecule has 0 heterocycles. The molecule has 0 aliphatic heterocycles. The van der Waals surface area contributed by atoms with E-state index < -0.39 is 0 Å². The fourth-order valence-corrected chi connectivity index (χ4v) is 1.90. The number of hydrogen-bond acceptors (Lipinski definition) is 3. The van der Waals surface area contributed by atoms with E-state index in [-0.39, 0.29) is 12.4 Å². The van der Waals surface area contributed by atoms with Crippen molar-refractivity contribution in [2.75, 3.05) is 6.61 Å². The molecule has 0 spiro atoms. The molecule has 3 nitrogen and oxygen atoms in total. The molecular formula is C11H9ClINO2. The maximum Gasteiger partial charge on any atom is 0.310 e. The number of carbonyl (C=O) groups excluding carboxylic acids is 1. The predicted molar refractivity (Wildman–Crippen MR) is 69.2 cm³/mol. The Labute approximate surface area is 112 Å². The normalized spacial score (nSPS) is 9.62. The van der Waals surface area contributed by atoms with Gasteiger partial charge in [0.05, 0.1) is 23.6 Å². The van der Waals surface area contributed by atoms with Gasteiger partial charge >= 0.3 is 5.97 Å². The average molecular weight is 350 g/mol. The number of rotatable bonds is 3. The number of nitrogens with zero attached hydrogens (tertiary/aromatic N) is 1. The molecule has 5 heteroatoms. The molecule has 0 fully saturated rings. The van der Waals surface area contributed by atoms with Crippen LogP contribution in [-0.2, 0) is 16.0 Å². The summed E-state index contributed by atoms with van der Waals surface area (Å²) in [6, 6.07) is 5.51. The van der Waals surface area contributed by atoms with Gasteiger partial charge in [-0.15, -0.1) is 0 Å². The Bertz CT molecular complexity index is 454. The van der Waals surface area contributed by atoms with E-state index in [1.165, 1.54) is 0 Å². The fraction of sp³-hybridized carbons (Fsp3) is 0.273. The Hall–Kier alpha value is -0.800. The highest BCUT2D eigenvalue weighted by Crippen LogP contribution is 2.25. The van der Waals surface area contributed by atoms with Crippen molar-refractivity contribution < 1.29 is 9.53 Å². The van der Waals surface area contributed by atoms with E-state index in [0.29, 0.717) is 22.8 Å². The largest absolute Gasteiger partial charge is 0.466 e. The fourth-order valence-electron chi connectivity index (χ4n) is 1.23. The summed E-state index contributed by atoms with van der Waals surface area (Å²) in [5.74, 6) is -0.351. The van der Waals surface area contributed by atoms with Crippen LogP contribution in [-0.4, -0.2) is 12.6 Å². The van der Waals surface area contributed by atoms with Crippen molar-refractivity contribution in [1.82, 2.24) is 0 Å². The number of hydrogen-bond donors (Lipinski definition) is 0. The van der Waals surface area contributed by atoms with Crippen LogP contribution in [0.3, 0.4) is 0 Å². The molecule has 1 aromatic carbocycles. The van der Waals surface area contributed by atoms with Gasteiger partial charge in [-0.1, -0.05) is 17.7 Å². The first-order valence-corrected chi connectivity index (χ1v) is 6.08.